The van der Waals surface area contributed by atoms with E-state index in [4.69, 9.17) is 5.11 Å². The summed E-state index contributed by atoms with van der Waals surface area (Å²) in [5, 5.41) is 13.8. The van der Waals surface area contributed by atoms with E-state index < -0.39 is 6.09 Å². The SMILES string of the molecule is C[C@H]1C[C@H](NC(=O)O)CN(c2ccncc2N=C=S)C1. The Morgan fingerprint density at radius 1 is 1.65 bits per heavy atom. The number of carboxylic acid groups (broad SMARTS) is 1. The van der Waals surface area contributed by atoms with Gasteiger partial charge in [0.25, 0.3) is 0 Å². The molecule has 6 nitrogen and oxygen atoms in total. The summed E-state index contributed by atoms with van der Waals surface area (Å²) in [6.07, 6.45) is 3.17. The van der Waals surface area contributed by atoms with Crippen molar-refractivity contribution in [2.75, 3.05) is 18.0 Å². The summed E-state index contributed by atoms with van der Waals surface area (Å²) in [5.74, 6) is 0.387. The maximum absolute atomic E-state index is 10.8. The third kappa shape index (κ3) is 3.53. The van der Waals surface area contributed by atoms with Crippen molar-refractivity contribution in [2.24, 2.45) is 10.9 Å². The molecule has 2 N–H and O–H groups in total. The second-order valence-electron chi connectivity index (χ2n) is 4.96. The van der Waals surface area contributed by atoms with Crippen LogP contribution in [0.5, 0.6) is 0 Å². The zero-order valence-corrected chi connectivity index (χ0v) is 11.9. The summed E-state index contributed by atoms with van der Waals surface area (Å²) in [5.41, 5.74) is 1.56. The zero-order valence-electron chi connectivity index (χ0n) is 11.1. The summed E-state index contributed by atoms with van der Waals surface area (Å²) in [7, 11) is 0. The maximum atomic E-state index is 10.8. The lowest BCUT2D eigenvalue weighted by Gasteiger charge is -2.38. The molecule has 7 heteroatoms. The first kappa shape index (κ1) is 14.4. The number of nitrogens with zero attached hydrogens (tertiary/aromatic N) is 3. The van der Waals surface area contributed by atoms with E-state index in [1.54, 1.807) is 12.4 Å². The van der Waals surface area contributed by atoms with Gasteiger partial charge in [-0.3, -0.25) is 4.98 Å². The van der Waals surface area contributed by atoms with Crippen LogP contribution in [0.4, 0.5) is 16.2 Å². The number of aliphatic imine (C=N–C) groups is 1. The van der Waals surface area contributed by atoms with Crippen molar-refractivity contribution in [1.82, 2.24) is 10.3 Å². The highest BCUT2D eigenvalue weighted by Gasteiger charge is 2.27. The third-order valence-corrected chi connectivity index (χ3v) is 3.36. The number of rotatable bonds is 3. The van der Waals surface area contributed by atoms with Gasteiger partial charge in [0.1, 0.15) is 5.69 Å². The van der Waals surface area contributed by atoms with Crippen LogP contribution in [0.1, 0.15) is 13.3 Å². The number of isothiocyanates is 1. The van der Waals surface area contributed by atoms with Crippen molar-refractivity contribution >= 4 is 34.8 Å². The minimum absolute atomic E-state index is 0.0891. The van der Waals surface area contributed by atoms with Gasteiger partial charge in [-0.05, 0) is 30.6 Å². The molecule has 0 bridgehead atoms. The van der Waals surface area contributed by atoms with Gasteiger partial charge in [0.2, 0.25) is 0 Å². The summed E-state index contributed by atoms with van der Waals surface area (Å²) in [6, 6.07) is 1.77. The Labute approximate surface area is 122 Å². The van der Waals surface area contributed by atoms with Crippen LogP contribution in [0.3, 0.4) is 0 Å². The molecule has 1 aromatic heterocycles. The van der Waals surface area contributed by atoms with Crippen LogP contribution in [-0.2, 0) is 0 Å². The number of thiocarbonyl (C=S) groups is 1. The maximum Gasteiger partial charge on any atom is 0.404 e. The van der Waals surface area contributed by atoms with Crippen LogP contribution in [0.2, 0.25) is 0 Å². The molecule has 0 aromatic carbocycles. The van der Waals surface area contributed by atoms with Crippen molar-refractivity contribution in [3.05, 3.63) is 18.5 Å². The minimum Gasteiger partial charge on any atom is -0.465 e. The molecule has 0 saturated carbocycles. The van der Waals surface area contributed by atoms with Crippen molar-refractivity contribution in [2.45, 2.75) is 19.4 Å². The number of hydrogen-bond donors (Lipinski definition) is 2. The Hall–Kier alpha value is -1.98. The fourth-order valence-electron chi connectivity index (χ4n) is 2.61. The summed E-state index contributed by atoms with van der Waals surface area (Å²) in [4.78, 5) is 21.0. The van der Waals surface area contributed by atoms with Gasteiger partial charge in [0.15, 0.2) is 0 Å². The number of nitrogens with one attached hydrogen (secondary N) is 1. The predicted octanol–water partition coefficient (Wildman–Crippen LogP) is 2.30. The predicted molar refractivity (Wildman–Crippen MR) is 79.9 cm³/mol. The molecule has 1 fully saturated rings. The van der Waals surface area contributed by atoms with Crippen LogP contribution >= 0.6 is 12.2 Å². The summed E-state index contributed by atoms with van der Waals surface area (Å²) < 4.78 is 0. The fraction of sp³-hybridized carbons (Fsp3) is 0.462. The lowest BCUT2D eigenvalue weighted by molar-refractivity contribution is 0.186. The molecule has 0 spiro atoms. The van der Waals surface area contributed by atoms with E-state index in [0.717, 1.165) is 18.7 Å². The van der Waals surface area contributed by atoms with E-state index in [2.05, 4.69) is 44.5 Å². The molecule has 1 saturated heterocycles. The zero-order chi connectivity index (χ0) is 14.5. The van der Waals surface area contributed by atoms with Crippen LogP contribution in [0.25, 0.3) is 0 Å². The van der Waals surface area contributed by atoms with Gasteiger partial charge in [-0.1, -0.05) is 6.92 Å². The van der Waals surface area contributed by atoms with E-state index in [0.29, 0.717) is 18.2 Å². The van der Waals surface area contributed by atoms with E-state index in [1.807, 2.05) is 6.07 Å². The fourth-order valence-corrected chi connectivity index (χ4v) is 2.71. The minimum atomic E-state index is -0.990. The molecule has 2 heterocycles. The van der Waals surface area contributed by atoms with Gasteiger partial charge in [-0.15, -0.1) is 0 Å². The topological polar surface area (TPSA) is 77.8 Å². The highest BCUT2D eigenvalue weighted by Crippen LogP contribution is 2.30. The van der Waals surface area contributed by atoms with Crippen molar-refractivity contribution in [1.29, 1.82) is 0 Å². The lowest BCUT2D eigenvalue weighted by Crippen LogP contribution is -2.50. The van der Waals surface area contributed by atoms with Crippen LogP contribution in [0.15, 0.2) is 23.5 Å². The molecule has 20 heavy (non-hydrogen) atoms. The van der Waals surface area contributed by atoms with Crippen LogP contribution < -0.4 is 10.2 Å². The van der Waals surface area contributed by atoms with Crippen molar-refractivity contribution in [3.63, 3.8) is 0 Å². The van der Waals surface area contributed by atoms with Gasteiger partial charge in [0.05, 0.1) is 17.0 Å². The average molecular weight is 292 g/mol. The molecule has 1 aromatic rings. The summed E-state index contributed by atoms with van der Waals surface area (Å²) in [6.45, 7) is 3.56. The van der Waals surface area contributed by atoms with Gasteiger partial charge in [0, 0.05) is 25.3 Å². The Morgan fingerprint density at radius 3 is 3.15 bits per heavy atom. The van der Waals surface area contributed by atoms with E-state index >= 15 is 0 Å². The van der Waals surface area contributed by atoms with Crippen LogP contribution in [0, 0.1) is 5.92 Å². The molecule has 1 aliphatic heterocycles. The molecule has 1 aliphatic rings. The largest absolute Gasteiger partial charge is 0.465 e. The number of anilines is 1. The van der Waals surface area contributed by atoms with Crippen LogP contribution in [-0.4, -0.2) is 40.5 Å². The van der Waals surface area contributed by atoms with Gasteiger partial charge >= 0.3 is 6.09 Å². The number of amides is 1. The second kappa shape index (κ2) is 6.45. The first-order valence-corrected chi connectivity index (χ1v) is 6.77. The van der Waals surface area contributed by atoms with Gasteiger partial charge in [-0.25, -0.2) is 4.79 Å². The Balaban J connectivity index is 2.23. The molecule has 2 atom stereocenters. The number of piperidine rings is 1. The smallest absolute Gasteiger partial charge is 0.404 e. The Kier molecular flexibility index (Phi) is 4.65. The normalized spacial score (nSPS) is 21.9. The highest BCUT2D eigenvalue weighted by atomic mass is 32.1. The lowest BCUT2D eigenvalue weighted by atomic mass is 9.95. The molecule has 0 unspecified atom stereocenters. The molecule has 1 amide bonds. The molecular weight excluding hydrogens is 276 g/mol. The molecule has 2 rings (SSSR count). The first-order valence-electron chi connectivity index (χ1n) is 6.36. The third-order valence-electron chi connectivity index (χ3n) is 3.27. The highest BCUT2D eigenvalue weighted by molar-refractivity contribution is 7.78. The molecule has 0 radical (unpaired) electrons. The average Bonchev–Trinajstić information content (AvgIpc) is 2.38. The van der Waals surface area contributed by atoms with Crippen molar-refractivity contribution in [3.8, 4) is 0 Å². The van der Waals surface area contributed by atoms with Gasteiger partial charge in [-0.2, -0.15) is 4.99 Å². The number of aromatic nitrogens is 1. The Morgan fingerprint density at radius 2 is 2.45 bits per heavy atom. The second-order valence-corrected chi connectivity index (χ2v) is 5.14. The summed E-state index contributed by atoms with van der Waals surface area (Å²) >= 11 is 4.65. The van der Waals surface area contributed by atoms with Gasteiger partial charge < -0.3 is 15.3 Å². The monoisotopic (exact) mass is 292 g/mol. The number of pyridine rings is 1. The Bertz CT molecular complexity index is 545. The standard InChI is InChI=1S/C13H16N4O2S/c1-9-4-10(16-13(18)19)7-17(6-9)12-2-3-14-5-11(12)15-8-20/h2-3,5,9-10,16H,4,6-7H2,1H3,(H,18,19)/t9-,10-/m0/s1. The first-order chi connectivity index (χ1) is 9.60. The van der Waals surface area contributed by atoms with Crippen molar-refractivity contribution < 1.29 is 9.90 Å². The van der Waals surface area contributed by atoms with E-state index in [-0.39, 0.29) is 6.04 Å². The van der Waals surface area contributed by atoms with E-state index in [1.165, 1.54) is 0 Å². The quantitative estimate of drug-likeness (QED) is 0.660. The number of carbonyl (C=O) groups is 1. The number of hydrogen-bond acceptors (Lipinski definition) is 5. The molecule has 106 valence electrons. The van der Waals surface area contributed by atoms with E-state index in [9.17, 15) is 4.79 Å². The molecule has 0 aliphatic carbocycles. The molecular formula is C13H16N4O2S.